The lowest BCUT2D eigenvalue weighted by molar-refractivity contribution is 0.411. The Morgan fingerprint density at radius 2 is 1.72 bits per heavy atom. The van der Waals surface area contributed by atoms with Crippen LogP contribution in [0.2, 0.25) is 0 Å². The summed E-state index contributed by atoms with van der Waals surface area (Å²) in [5.41, 5.74) is 2.86. The van der Waals surface area contributed by atoms with Crippen LogP contribution in [-0.2, 0) is 0 Å². The quantitative estimate of drug-likeness (QED) is 0.737. The van der Waals surface area contributed by atoms with Crippen LogP contribution >= 0.6 is 22.6 Å². The Morgan fingerprint density at radius 1 is 1.00 bits per heavy atom. The van der Waals surface area contributed by atoms with Crippen molar-refractivity contribution in [1.29, 1.82) is 0 Å². The number of rotatable bonds is 3. The van der Waals surface area contributed by atoms with Crippen LogP contribution in [0.4, 0.5) is 0 Å². The molecule has 2 atom stereocenters. The molecule has 0 spiro atoms. The molecule has 0 bridgehead atoms. The molecule has 18 heavy (non-hydrogen) atoms. The van der Waals surface area contributed by atoms with Gasteiger partial charge in [0.1, 0.15) is 5.75 Å². The van der Waals surface area contributed by atoms with Crippen molar-refractivity contribution in [2.45, 2.75) is 18.3 Å². The molecule has 0 amide bonds. The summed E-state index contributed by atoms with van der Waals surface area (Å²) in [5, 5.41) is 0. The highest BCUT2D eigenvalue weighted by Crippen LogP contribution is 2.55. The third-order valence-corrected chi connectivity index (χ3v) is 4.51. The molecule has 0 radical (unpaired) electrons. The molecule has 1 aliphatic rings. The van der Waals surface area contributed by atoms with Crippen LogP contribution in [0.1, 0.15) is 29.4 Å². The Balaban J connectivity index is 1.82. The van der Waals surface area contributed by atoms with Gasteiger partial charge in [0.2, 0.25) is 0 Å². The lowest BCUT2D eigenvalue weighted by Crippen LogP contribution is -1.90. The van der Waals surface area contributed by atoms with Crippen molar-refractivity contribution < 1.29 is 4.74 Å². The second kappa shape index (κ2) is 4.92. The van der Waals surface area contributed by atoms with E-state index < -0.39 is 0 Å². The molecule has 0 heterocycles. The van der Waals surface area contributed by atoms with Gasteiger partial charge in [0, 0.05) is 0 Å². The topological polar surface area (TPSA) is 9.23 Å². The molecule has 0 aromatic heterocycles. The second-order valence-corrected chi connectivity index (χ2v) is 5.92. The summed E-state index contributed by atoms with van der Waals surface area (Å²) in [7, 11) is 1.74. The predicted octanol–water partition coefficient (Wildman–Crippen LogP) is 4.57. The number of halogens is 1. The molecule has 1 saturated carbocycles. The molecule has 1 fully saturated rings. The average molecular weight is 350 g/mol. The van der Waals surface area contributed by atoms with Gasteiger partial charge >= 0.3 is 0 Å². The summed E-state index contributed by atoms with van der Waals surface area (Å²) in [4.78, 5) is 0. The second-order valence-electron chi connectivity index (χ2n) is 4.75. The molecule has 2 aromatic rings. The Hall–Kier alpha value is -1.03. The van der Waals surface area contributed by atoms with Gasteiger partial charge in [0.05, 0.1) is 10.7 Å². The maximum Gasteiger partial charge on any atom is 0.132 e. The molecule has 1 nitrogen and oxygen atoms in total. The van der Waals surface area contributed by atoms with Gasteiger partial charge in [-0.05, 0) is 64.1 Å². The fourth-order valence-corrected chi connectivity index (χ4v) is 3.09. The normalized spacial score (nSPS) is 21.7. The fraction of sp³-hybridized carbons (Fsp3) is 0.250. The number of benzene rings is 2. The van der Waals surface area contributed by atoms with Gasteiger partial charge in [-0.25, -0.2) is 0 Å². The number of methoxy groups -OCH3 is 1. The van der Waals surface area contributed by atoms with Gasteiger partial charge in [0.25, 0.3) is 0 Å². The van der Waals surface area contributed by atoms with Crippen LogP contribution in [0, 0.1) is 3.57 Å². The molecule has 3 rings (SSSR count). The van der Waals surface area contributed by atoms with Gasteiger partial charge in [-0.15, -0.1) is 0 Å². The lowest BCUT2D eigenvalue weighted by atomic mass is 10.0. The van der Waals surface area contributed by atoms with Gasteiger partial charge in [-0.3, -0.25) is 0 Å². The van der Waals surface area contributed by atoms with E-state index in [0.29, 0.717) is 11.8 Å². The highest BCUT2D eigenvalue weighted by atomic mass is 127. The summed E-state index contributed by atoms with van der Waals surface area (Å²) in [6.45, 7) is 0. The van der Waals surface area contributed by atoms with Crippen LogP contribution in [0.3, 0.4) is 0 Å². The molecular weight excluding hydrogens is 335 g/mol. The Morgan fingerprint density at radius 3 is 2.44 bits per heavy atom. The summed E-state index contributed by atoms with van der Waals surface area (Å²) < 4.78 is 6.57. The average Bonchev–Trinajstić information content (AvgIpc) is 3.21. The SMILES string of the molecule is COc1cc(C2CC2c2ccccc2)ccc1I. The molecular formula is C16H15IO. The van der Waals surface area contributed by atoms with E-state index in [1.165, 1.54) is 21.1 Å². The third kappa shape index (κ3) is 2.26. The Labute approximate surface area is 121 Å². The minimum atomic E-state index is 0.665. The number of ether oxygens (including phenoxy) is 1. The van der Waals surface area contributed by atoms with Crippen molar-refractivity contribution in [3.63, 3.8) is 0 Å². The van der Waals surface area contributed by atoms with Crippen LogP contribution < -0.4 is 4.74 Å². The van der Waals surface area contributed by atoms with E-state index >= 15 is 0 Å². The fourth-order valence-electron chi connectivity index (χ4n) is 2.54. The van der Waals surface area contributed by atoms with Gasteiger partial charge in [-0.1, -0.05) is 36.4 Å². The van der Waals surface area contributed by atoms with E-state index in [1.54, 1.807) is 7.11 Å². The van der Waals surface area contributed by atoms with E-state index in [0.717, 1.165) is 5.75 Å². The third-order valence-electron chi connectivity index (χ3n) is 3.62. The summed E-state index contributed by atoms with van der Waals surface area (Å²) in [6.07, 6.45) is 1.26. The molecule has 0 N–H and O–H groups in total. The van der Waals surface area contributed by atoms with Crippen LogP contribution in [0.25, 0.3) is 0 Å². The molecule has 2 aromatic carbocycles. The zero-order chi connectivity index (χ0) is 12.5. The minimum Gasteiger partial charge on any atom is -0.496 e. The highest BCUT2D eigenvalue weighted by Gasteiger charge is 2.39. The van der Waals surface area contributed by atoms with Crippen molar-refractivity contribution >= 4 is 22.6 Å². The maximum absolute atomic E-state index is 5.40. The number of hydrogen-bond donors (Lipinski definition) is 0. The van der Waals surface area contributed by atoms with Gasteiger partial charge in [0.15, 0.2) is 0 Å². The Bertz CT molecular complexity index is 550. The Kier molecular flexibility index (Phi) is 3.29. The van der Waals surface area contributed by atoms with Crippen LogP contribution in [0.15, 0.2) is 48.5 Å². The van der Waals surface area contributed by atoms with Crippen LogP contribution in [-0.4, -0.2) is 7.11 Å². The smallest absolute Gasteiger partial charge is 0.132 e. The maximum atomic E-state index is 5.40. The van der Waals surface area contributed by atoms with Gasteiger partial charge in [-0.2, -0.15) is 0 Å². The standard InChI is InChI=1S/C16H15IO/c1-18-16-9-12(7-8-15(16)17)14-10-13(14)11-5-3-2-4-6-11/h2-9,13-14H,10H2,1H3. The molecule has 0 aliphatic heterocycles. The summed E-state index contributed by atoms with van der Waals surface area (Å²) in [5.74, 6) is 2.35. The first-order valence-electron chi connectivity index (χ1n) is 6.18. The monoisotopic (exact) mass is 350 g/mol. The van der Waals surface area contributed by atoms with Crippen molar-refractivity contribution in [3.8, 4) is 5.75 Å². The van der Waals surface area contributed by atoms with Crippen molar-refractivity contribution in [3.05, 3.63) is 63.2 Å². The van der Waals surface area contributed by atoms with Crippen molar-refractivity contribution in [2.75, 3.05) is 7.11 Å². The molecule has 1 aliphatic carbocycles. The van der Waals surface area contributed by atoms with Crippen LogP contribution in [0.5, 0.6) is 5.75 Å². The van der Waals surface area contributed by atoms with E-state index in [-0.39, 0.29) is 0 Å². The summed E-state index contributed by atoms with van der Waals surface area (Å²) >= 11 is 2.31. The van der Waals surface area contributed by atoms with Gasteiger partial charge < -0.3 is 4.74 Å². The zero-order valence-corrected chi connectivity index (χ0v) is 12.4. The molecule has 92 valence electrons. The van der Waals surface area contributed by atoms with E-state index in [4.69, 9.17) is 4.74 Å². The first-order valence-corrected chi connectivity index (χ1v) is 7.26. The largest absolute Gasteiger partial charge is 0.496 e. The van der Waals surface area contributed by atoms with E-state index in [2.05, 4.69) is 71.1 Å². The summed E-state index contributed by atoms with van der Waals surface area (Å²) in [6, 6.07) is 17.4. The first-order chi connectivity index (χ1) is 8.79. The molecule has 2 unspecified atom stereocenters. The van der Waals surface area contributed by atoms with Crippen molar-refractivity contribution in [1.82, 2.24) is 0 Å². The van der Waals surface area contributed by atoms with E-state index in [9.17, 15) is 0 Å². The predicted molar refractivity (Wildman–Crippen MR) is 82.3 cm³/mol. The van der Waals surface area contributed by atoms with Crippen molar-refractivity contribution in [2.24, 2.45) is 0 Å². The molecule has 0 saturated heterocycles. The molecule has 2 heteroatoms. The van der Waals surface area contributed by atoms with E-state index in [1.807, 2.05) is 0 Å². The first kappa shape index (κ1) is 12.0. The highest BCUT2D eigenvalue weighted by molar-refractivity contribution is 14.1. The minimum absolute atomic E-state index is 0.665. The zero-order valence-electron chi connectivity index (χ0n) is 10.3. The lowest BCUT2D eigenvalue weighted by Gasteiger charge is -2.06. The number of hydrogen-bond acceptors (Lipinski definition) is 1.